The lowest BCUT2D eigenvalue weighted by Gasteiger charge is -2.21. The van der Waals surface area contributed by atoms with Crippen molar-refractivity contribution in [2.75, 3.05) is 14.1 Å². The highest BCUT2D eigenvalue weighted by Gasteiger charge is 2.19. The maximum Gasteiger partial charge on any atom is 0.126 e. The van der Waals surface area contributed by atoms with Gasteiger partial charge in [-0.25, -0.2) is 9.07 Å². The van der Waals surface area contributed by atoms with Crippen molar-refractivity contribution in [3.63, 3.8) is 0 Å². The predicted octanol–water partition coefficient (Wildman–Crippen LogP) is 3.60. The Morgan fingerprint density at radius 3 is 2.67 bits per heavy atom. The summed E-state index contributed by atoms with van der Waals surface area (Å²) in [6, 6.07) is 8.96. The molecule has 6 heteroatoms. The zero-order chi connectivity index (χ0) is 17.3. The molecule has 0 aliphatic carbocycles. The molecule has 0 saturated carbocycles. The largest absolute Gasteiger partial charge is 0.465 e. The van der Waals surface area contributed by atoms with Gasteiger partial charge in [0.1, 0.15) is 23.0 Å². The van der Waals surface area contributed by atoms with Crippen molar-refractivity contribution in [2.45, 2.75) is 26.4 Å². The van der Waals surface area contributed by atoms with E-state index < -0.39 is 0 Å². The summed E-state index contributed by atoms with van der Waals surface area (Å²) in [6.07, 6.45) is 1.84. The van der Waals surface area contributed by atoms with E-state index in [2.05, 4.69) is 15.2 Å². The number of aryl methyl sites for hydroxylation is 1. The van der Waals surface area contributed by atoms with E-state index in [1.54, 1.807) is 17.7 Å². The quantitative estimate of drug-likeness (QED) is 0.718. The van der Waals surface area contributed by atoms with Gasteiger partial charge in [-0.1, -0.05) is 17.3 Å². The van der Waals surface area contributed by atoms with E-state index >= 15 is 0 Å². The number of aromatic nitrogens is 3. The van der Waals surface area contributed by atoms with Crippen molar-refractivity contribution in [3.8, 4) is 11.3 Å². The lowest BCUT2D eigenvalue weighted by molar-refractivity contribution is 0.223. The summed E-state index contributed by atoms with van der Waals surface area (Å²) < 4.78 is 21.3. The summed E-state index contributed by atoms with van der Waals surface area (Å²) >= 11 is 0. The highest BCUT2D eigenvalue weighted by atomic mass is 19.1. The third kappa shape index (κ3) is 3.23. The smallest absolute Gasteiger partial charge is 0.126 e. The van der Waals surface area contributed by atoms with Crippen LogP contribution in [0, 0.1) is 19.7 Å². The molecule has 0 fully saturated rings. The fraction of sp³-hybridized carbons (Fsp3) is 0.333. The summed E-state index contributed by atoms with van der Waals surface area (Å²) in [5.74, 6) is 1.53. The number of furan rings is 1. The Kier molecular flexibility index (Phi) is 4.49. The first-order valence-electron chi connectivity index (χ1n) is 7.84. The molecule has 3 rings (SSSR count). The van der Waals surface area contributed by atoms with Crippen LogP contribution in [0.2, 0.25) is 0 Å². The van der Waals surface area contributed by atoms with Gasteiger partial charge in [-0.3, -0.25) is 4.90 Å². The summed E-state index contributed by atoms with van der Waals surface area (Å²) in [5.41, 5.74) is 2.01. The summed E-state index contributed by atoms with van der Waals surface area (Å²) in [4.78, 5) is 2.08. The highest BCUT2D eigenvalue weighted by Crippen LogP contribution is 2.25. The molecule has 0 radical (unpaired) electrons. The Hall–Kier alpha value is -2.47. The minimum absolute atomic E-state index is 0.0434. The van der Waals surface area contributed by atoms with Crippen LogP contribution < -0.4 is 0 Å². The van der Waals surface area contributed by atoms with Gasteiger partial charge < -0.3 is 4.42 Å². The van der Waals surface area contributed by atoms with Gasteiger partial charge in [-0.2, -0.15) is 0 Å². The first kappa shape index (κ1) is 16.4. The topological polar surface area (TPSA) is 47.1 Å². The van der Waals surface area contributed by atoms with Gasteiger partial charge in [0, 0.05) is 5.56 Å². The van der Waals surface area contributed by atoms with Gasteiger partial charge in [0.25, 0.3) is 0 Å². The predicted molar refractivity (Wildman–Crippen MR) is 90.0 cm³/mol. The fourth-order valence-corrected chi connectivity index (χ4v) is 2.71. The second-order valence-electron chi connectivity index (χ2n) is 6.17. The molecule has 24 heavy (non-hydrogen) atoms. The number of likely N-dealkylation sites (N-methyl/N-ethyl adjacent to an activating group) is 1. The van der Waals surface area contributed by atoms with E-state index in [-0.39, 0.29) is 11.9 Å². The molecule has 1 aromatic carbocycles. The van der Waals surface area contributed by atoms with Gasteiger partial charge in [0.2, 0.25) is 0 Å². The van der Waals surface area contributed by atoms with Crippen molar-refractivity contribution in [3.05, 3.63) is 59.4 Å². The van der Waals surface area contributed by atoms with Gasteiger partial charge in [-0.15, -0.1) is 5.10 Å². The van der Waals surface area contributed by atoms with E-state index in [4.69, 9.17) is 4.42 Å². The first-order valence-corrected chi connectivity index (χ1v) is 7.84. The Bertz CT molecular complexity index is 837. The van der Waals surface area contributed by atoms with Crippen LogP contribution in [0.3, 0.4) is 0 Å². The lowest BCUT2D eigenvalue weighted by atomic mass is 10.1. The van der Waals surface area contributed by atoms with Gasteiger partial charge in [0.05, 0.1) is 18.8 Å². The lowest BCUT2D eigenvalue weighted by Crippen LogP contribution is -2.24. The van der Waals surface area contributed by atoms with Crippen LogP contribution in [0.1, 0.15) is 23.1 Å². The Morgan fingerprint density at radius 2 is 2.00 bits per heavy atom. The van der Waals surface area contributed by atoms with E-state index in [0.29, 0.717) is 17.8 Å². The first-order chi connectivity index (χ1) is 11.5. The van der Waals surface area contributed by atoms with Crippen LogP contribution >= 0.6 is 0 Å². The molecule has 126 valence electrons. The number of nitrogens with zero attached hydrogens (tertiary/aromatic N) is 4. The van der Waals surface area contributed by atoms with Crippen molar-refractivity contribution in [1.29, 1.82) is 0 Å². The standard InChI is InChI=1S/C18H21FN4O/c1-12-8-9-18(24-12)17(22(3)4)11-23-10-16(20-21-23)14-6-5-7-15(19)13(14)2/h5-10,17H,11H2,1-4H3/t17-/m0/s1. The van der Waals surface area contributed by atoms with Crippen LogP contribution in [0.4, 0.5) is 4.39 Å². The number of halogens is 1. The van der Waals surface area contributed by atoms with Crippen LogP contribution in [-0.2, 0) is 6.54 Å². The summed E-state index contributed by atoms with van der Waals surface area (Å²) in [6.45, 7) is 4.27. The van der Waals surface area contributed by atoms with E-state index in [1.807, 2.05) is 45.4 Å². The molecule has 2 heterocycles. The maximum atomic E-state index is 13.7. The number of hydrogen-bond acceptors (Lipinski definition) is 4. The molecule has 1 atom stereocenters. The van der Waals surface area contributed by atoms with Gasteiger partial charge >= 0.3 is 0 Å². The maximum absolute atomic E-state index is 13.7. The van der Waals surface area contributed by atoms with Crippen LogP contribution in [-0.4, -0.2) is 34.0 Å². The molecule has 0 aliphatic rings. The van der Waals surface area contributed by atoms with Gasteiger partial charge in [0.15, 0.2) is 0 Å². The second kappa shape index (κ2) is 6.57. The van der Waals surface area contributed by atoms with E-state index in [9.17, 15) is 4.39 Å². The average molecular weight is 328 g/mol. The zero-order valence-electron chi connectivity index (χ0n) is 14.3. The minimum Gasteiger partial charge on any atom is -0.465 e. The van der Waals surface area contributed by atoms with E-state index in [1.165, 1.54) is 6.07 Å². The monoisotopic (exact) mass is 328 g/mol. The summed E-state index contributed by atoms with van der Waals surface area (Å²) in [7, 11) is 3.99. The molecule has 0 saturated heterocycles. The zero-order valence-corrected chi connectivity index (χ0v) is 14.3. The third-order valence-electron chi connectivity index (χ3n) is 4.16. The minimum atomic E-state index is -0.237. The van der Waals surface area contributed by atoms with Crippen molar-refractivity contribution < 1.29 is 8.81 Å². The number of benzene rings is 1. The molecule has 0 unspecified atom stereocenters. The fourth-order valence-electron chi connectivity index (χ4n) is 2.71. The van der Waals surface area contributed by atoms with Crippen molar-refractivity contribution >= 4 is 0 Å². The van der Waals surface area contributed by atoms with Crippen LogP contribution in [0.15, 0.2) is 40.9 Å². The SMILES string of the molecule is Cc1ccc([C@H](Cn2cc(-c3cccc(F)c3C)nn2)N(C)C)o1. The second-order valence-corrected chi connectivity index (χ2v) is 6.17. The molecule has 5 nitrogen and oxygen atoms in total. The van der Waals surface area contributed by atoms with Crippen LogP contribution in [0.25, 0.3) is 11.3 Å². The molecular weight excluding hydrogens is 307 g/mol. The Labute approximate surface area is 140 Å². The highest BCUT2D eigenvalue weighted by molar-refractivity contribution is 5.62. The third-order valence-corrected chi connectivity index (χ3v) is 4.16. The number of rotatable bonds is 5. The average Bonchev–Trinajstić information content (AvgIpc) is 3.16. The molecule has 0 amide bonds. The van der Waals surface area contributed by atoms with Crippen molar-refractivity contribution in [2.24, 2.45) is 0 Å². The molecule has 0 bridgehead atoms. The Morgan fingerprint density at radius 1 is 1.21 bits per heavy atom. The molecule has 0 N–H and O–H groups in total. The molecule has 0 spiro atoms. The summed E-state index contributed by atoms with van der Waals surface area (Å²) in [5, 5.41) is 8.39. The molecule has 0 aliphatic heterocycles. The molecule has 2 aromatic heterocycles. The molecular formula is C18H21FN4O. The normalized spacial score (nSPS) is 12.8. The van der Waals surface area contributed by atoms with Crippen LogP contribution in [0.5, 0.6) is 0 Å². The molecule has 3 aromatic rings. The van der Waals surface area contributed by atoms with Crippen molar-refractivity contribution in [1.82, 2.24) is 19.9 Å². The number of hydrogen-bond donors (Lipinski definition) is 0. The Balaban J connectivity index is 1.86. The van der Waals surface area contributed by atoms with Gasteiger partial charge in [-0.05, 0) is 51.7 Å². The van der Waals surface area contributed by atoms with E-state index in [0.717, 1.165) is 17.1 Å².